The molecule has 0 aliphatic heterocycles. The Morgan fingerprint density at radius 2 is 1.63 bits per heavy atom. The summed E-state index contributed by atoms with van der Waals surface area (Å²) in [5.74, 6) is -0.587. The fourth-order valence-corrected chi connectivity index (χ4v) is 2.53. The third-order valence-corrected chi connectivity index (χ3v) is 3.42. The van der Waals surface area contributed by atoms with E-state index in [0.29, 0.717) is 16.9 Å². The van der Waals surface area contributed by atoms with Crippen molar-refractivity contribution in [3.05, 3.63) is 65.2 Å². The second kappa shape index (κ2) is 4.35. The first-order valence-electron chi connectivity index (χ1n) is 6.04. The van der Waals surface area contributed by atoms with Gasteiger partial charge in [-0.2, -0.15) is 0 Å². The summed E-state index contributed by atoms with van der Waals surface area (Å²) in [5, 5.41) is 0. The van der Waals surface area contributed by atoms with Crippen LogP contribution in [0.15, 0.2) is 48.5 Å². The molecule has 0 aromatic heterocycles. The Morgan fingerprint density at radius 1 is 0.895 bits per heavy atom. The van der Waals surface area contributed by atoms with Gasteiger partial charge in [-0.15, -0.1) is 0 Å². The Hall–Kier alpha value is -2.42. The smallest absolute Gasteiger partial charge is 0.182 e. The Bertz CT molecular complexity index is 659. The molecular formula is C16H12O3. The highest BCUT2D eigenvalue weighted by atomic mass is 16.5. The molecule has 2 aromatic rings. The van der Waals surface area contributed by atoms with Crippen LogP contribution >= 0.6 is 0 Å². The molecule has 3 rings (SSSR count). The molecule has 1 aliphatic rings. The molecular weight excluding hydrogens is 240 g/mol. The van der Waals surface area contributed by atoms with Crippen LogP contribution in [-0.4, -0.2) is 18.7 Å². The summed E-state index contributed by atoms with van der Waals surface area (Å²) >= 11 is 0. The van der Waals surface area contributed by atoms with Crippen molar-refractivity contribution in [1.82, 2.24) is 0 Å². The summed E-state index contributed by atoms with van der Waals surface area (Å²) in [5.41, 5.74) is 1.60. The van der Waals surface area contributed by atoms with Crippen molar-refractivity contribution >= 4 is 11.6 Å². The maximum atomic E-state index is 12.5. The summed E-state index contributed by atoms with van der Waals surface area (Å²) in [7, 11) is 1.50. The van der Waals surface area contributed by atoms with Gasteiger partial charge >= 0.3 is 0 Å². The van der Waals surface area contributed by atoms with E-state index >= 15 is 0 Å². The lowest BCUT2D eigenvalue weighted by atomic mass is 9.94. The molecule has 1 atom stereocenters. The lowest BCUT2D eigenvalue weighted by molar-refractivity contribution is 0.0889. The first-order valence-corrected chi connectivity index (χ1v) is 6.04. The molecule has 0 bridgehead atoms. The highest BCUT2D eigenvalue weighted by Crippen LogP contribution is 2.38. The average molecular weight is 252 g/mol. The van der Waals surface area contributed by atoms with E-state index in [9.17, 15) is 9.59 Å². The van der Waals surface area contributed by atoms with Gasteiger partial charge in [0.05, 0.1) is 12.7 Å². The molecule has 0 fully saturated rings. The van der Waals surface area contributed by atoms with Crippen LogP contribution in [0.5, 0.6) is 5.75 Å². The van der Waals surface area contributed by atoms with E-state index in [4.69, 9.17) is 4.74 Å². The fraction of sp³-hybridized carbons (Fsp3) is 0.125. The first-order chi connectivity index (χ1) is 9.24. The summed E-state index contributed by atoms with van der Waals surface area (Å²) in [4.78, 5) is 24.9. The van der Waals surface area contributed by atoms with Gasteiger partial charge in [0.1, 0.15) is 11.7 Å². The van der Waals surface area contributed by atoms with Gasteiger partial charge in [0.2, 0.25) is 0 Å². The molecule has 0 heterocycles. The Kier molecular flexibility index (Phi) is 2.67. The van der Waals surface area contributed by atoms with Crippen LogP contribution in [0.25, 0.3) is 0 Å². The third kappa shape index (κ3) is 1.66. The van der Waals surface area contributed by atoms with Crippen LogP contribution in [0, 0.1) is 0 Å². The molecule has 1 unspecified atom stereocenters. The molecule has 0 spiro atoms. The number of hydrogen-bond acceptors (Lipinski definition) is 3. The van der Waals surface area contributed by atoms with Gasteiger partial charge in [-0.05, 0) is 11.6 Å². The zero-order valence-electron chi connectivity index (χ0n) is 10.4. The van der Waals surface area contributed by atoms with Gasteiger partial charge in [-0.1, -0.05) is 42.5 Å². The maximum absolute atomic E-state index is 12.5. The number of hydrogen-bond donors (Lipinski definition) is 0. The van der Waals surface area contributed by atoms with E-state index in [0.717, 1.165) is 5.56 Å². The minimum absolute atomic E-state index is 0.148. The standard InChI is InChI=1S/C16H12O3/c1-19-12-9-5-8-11-14(12)16(18)13(15(11)17)10-6-3-2-4-7-10/h2-9,13H,1H3. The highest BCUT2D eigenvalue weighted by Gasteiger charge is 2.41. The molecule has 2 aromatic carbocycles. The topological polar surface area (TPSA) is 43.4 Å². The predicted octanol–water partition coefficient (Wildman–Crippen LogP) is 2.86. The first kappa shape index (κ1) is 11.7. The zero-order chi connectivity index (χ0) is 13.4. The summed E-state index contributed by atoms with van der Waals surface area (Å²) < 4.78 is 5.19. The second-order valence-electron chi connectivity index (χ2n) is 4.46. The quantitative estimate of drug-likeness (QED) is 0.772. The van der Waals surface area contributed by atoms with Crippen molar-refractivity contribution in [2.24, 2.45) is 0 Å². The van der Waals surface area contributed by atoms with E-state index in [-0.39, 0.29) is 11.6 Å². The van der Waals surface area contributed by atoms with Crippen LogP contribution in [0.3, 0.4) is 0 Å². The Labute approximate surface area is 110 Å². The normalized spacial score (nSPS) is 17.4. The van der Waals surface area contributed by atoms with Gasteiger partial charge in [-0.25, -0.2) is 0 Å². The van der Waals surface area contributed by atoms with Crippen molar-refractivity contribution in [2.75, 3.05) is 7.11 Å². The van der Waals surface area contributed by atoms with Crippen molar-refractivity contribution in [1.29, 1.82) is 0 Å². The van der Waals surface area contributed by atoms with Gasteiger partial charge in [0, 0.05) is 5.56 Å². The molecule has 0 saturated heterocycles. The minimum Gasteiger partial charge on any atom is -0.496 e. The number of ketones is 2. The lowest BCUT2D eigenvalue weighted by Gasteiger charge is -2.07. The number of benzene rings is 2. The summed E-state index contributed by atoms with van der Waals surface area (Å²) in [6.45, 7) is 0. The zero-order valence-corrected chi connectivity index (χ0v) is 10.4. The Balaban J connectivity index is 2.15. The lowest BCUT2D eigenvalue weighted by Crippen LogP contribution is -2.12. The van der Waals surface area contributed by atoms with E-state index in [1.54, 1.807) is 30.3 Å². The highest BCUT2D eigenvalue weighted by molar-refractivity contribution is 6.30. The van der Waals surface area contributed by atoms with Gasteiger partial charge in [-0.3, -0.25) is 9.59 Å². The molecule has 3 heteroatoms. The number of fused-ring (bicyclic) bond motifs is 1. The van der Waals surface area contributed by atoms with Crippen molar-refractivity contribution in [2.45, 2.75) is 5.92 Å². The van der Waals surface area contributed by atoms with Crippen LogP contribution in [0.2, 0.25) is 0 Å². The van der Waals surface area contributed by atoms with Crippen LogP contribution in [-0.2, 0) is 0 Å². The number of methoxy groups -OCH3 is 1. The van der Waals surface area contributed by atoms with E-state index in [1.165, 1.54) is 7.11 Å². The van der Waals surface area contributed by atoms with E-state index in [2.05, 4.69) is 0 Å². The van der Waals surface area contributed by atoms with Crippen molar-refractivity contribution in [3.63, 3.8) is 0 Å². The number of ether oxygens (including phenoxy) is 1. The molecule has 3 nitrogen and oxygen atoms in total. The van der Waals surface area contributed by atoms with Crippen LogP contribution in [0.4, 0.5) is 0 Å². The van der Waals surface area contributed by atoms with E-state index < -0.39 is 5.92 Å². The number of rotatable bonds is 2. The van der Waals surface area contributed by atoms with Crippen LogP contribution in [0.1, 0.15) is 32.2 Å². The Morgan fingerprint density at radius 3 is 2.32 bits per heavy atom. The maximum Gasteiger partial charge on any atom is 0.182 e. The van der Waals surface area contributed by atoms with Crippen molar-refractivity contribution in [3.8, 4) is 5.75 Å². The van der Waals surface area contributed by atoms with Crippen molar-refractivity contribution < 1.29 is 14.3 Å². The summed E-state index contributed by atoms with van der Waals surface area (Å²) in [6, 6.07) is 14.2. The monoisotopic (exact) mass is 252 g/mol. The average Bonchev–Trinajstić information content (AvgIpc) is 2.72. The molecule has 0 N–H and O–H groups in total. The van der Waals surface area contributed by atoms with Gasteiger partial charge < -0.3 is 4.74 Å². The minimum atomic E-state index is -0.729. The second-order valence-corrected chi connectivity index (χ2v) is 4.46. The molecule has 94 valence electrons. The van der Waals surface area contributed by atoms with E-state index in [1.807, 2.05) is 18.2 Å². The number of Topliss-reactive ketones (excluding diaryl/α,β-unsaturated/α-hetero) is 2. The SMILES string of the molecule is COc1cccc2c1C(=O)C(c1ccccc1)C2=O. The largest absolute Gasteiger partial charge is 0.496 e. The predicted molar refractivity (Wildman–Crippen MR) is 70.8 cm³/mol. The number of carbonyl (C=O) groups is 2. The molecule has 1 aliphatic carbocycles. The fourth-order valence-electron chi connectivity index (χ4n) is 2.53. The molecule has 0 radical (unpaired) electrons. The number of carbonyl (C=O) groups excluding carboxylic acids is 2. The molecule has 0 saturated carbocycles. The third-order valence-electron chi connectivity index (χ3n) is 3.42. The molecule has 0 amide bonds. The van der Waals surface area contributed by atoms with Crippen LogP contribution < -0.4 is 4.74 Å². The summed E-state index contributed by atoms with van der Waals surface area (Å²) in [6.07, 6.45) is 0. The molecule has 19 heavy (non-hydrogen) atoms. The van der Waals surface area contributed by atoms with Gasteiger partial charge in [0.25, 0.3) is 0 Å². The van der Waals surface area contributed by atoms with Gasteiger partial charge in [0.15, 0.2) is 11.6 Å².